The largest absolute Gasteiger partial charge is 0.478 e. The molecule has 0 saturated heterocycles. The van der Waals surface area contributed by atoms with E-state index in [1.807, 2.05) is 0 Å². The average molecular weight is 256 g/mol. The first kappa shape index (κ1) is 11.2. The Kier molecular flexibility index (Phi) is 2.25. The summed E-state index contributed by atoms with van der Waals surface area (Å²) in [4.78, 5) is 26.6. The van der Waals surface area contributed by atoms with Crippen LogP contribution in [-0.4, -0.2) is 16.1 Å². The average Bonchev–Trinajstić information content (AvgIpc) is 2.37. The van der Waals surface area contributed by atoms with E-state index in [0.29, 0.717) is 22.6 Å². The van der Waals surface area contributed by atoms with Gasteiger partial charge in [-0.3, -0.25) is 4.79 Å². The molecule has 94 valence electrons. The standard InChI is InChI=1S/C13H8N2O4/c14-7-4-9-12(5-10(7)16)19-11-2-1-6(13(17)18)3-8(11)15-9/h1-5H,14H2,(H,17,18). The summed E-state index contributed by atoms with van der Waals surface area (Å²) in [6, 6.07) is 7.00. The van der Waals surface area contributed by atoms with Crippen molar-refractivity contribution in [3.63, 3.8) is 0 Å². The molecular formula is C13H8N2O4. The smallest absolute Gasteiger partial charge is 0.335 e. The molecule has 0 amide bonds. The molecule has 6 heteroatoms. The molecule has 0 saturated carbocycles. The maximum Gasteiger partial charge on any atom is 0.335 e. The summed E-state index contributed by atoms with van der Waals surface area (Å²) >= 11 is 0. The van der Waals surface area contributed by atoms with Crippen molar-refractivity contribution in [1.82, 2.24) is 4.98 Å². The van der Waals surface area contributed by atoms with Gasteiger partial charge in [0.1, 0.15) is 11.2 Å². The monoisotopic (exact) mass is 256 g/mol. The second-order valence-corrected chi connectivity index (χ2v) is 4.06. The summed E-state index contributed by atoms with van der Waals surface area (Å²) in [6.07, 6.45) is 0. The second kappa shape index (κ2) is 3.81. The third-order valence-electron chi connectivity index (χ3n) is 2.76. The first-order valence-electron chi connectivity index (χ1n) is 5.42. The SMILES string of the molecule is Nc1cc2nc3cc(C(=O)O)ccc3oc-2cc1=O. The molecule has 1 aromatic carbocycles. The lowest BCUT2D eigenvalue weighted by atomic mass is 10.1. The van der Waals surface area contributed by atoms with Crippen LogP contribution in [0.2, 0.25) is 0 Å². The molecule has 0 fully saturated rings. The van der Waals surface area contributed by atoms with Gasteiger partial charge in [-0.1, -0.05) is 0 Å². The van der Waals surface area contributed by atoms with Crippen LogP contribution >= 0.6 is 0 Å². The van der Waals surface area contributed by atoms with Crippen molar-refractivity contribution in [2.45, 2.75) is 0 Å². The minimum atomic E-state index is -1.04. The van der Waals surface area contributed by atoms with E-state index in [1.165, 1.54) is 30.3 Å². The highest BCUT2D eigenvalue weighted by atomic mass is 16.4. The molecule has 1 heterocycles. The number of aromatic carboxylic acids is 1. The van der Waals surface area contributed by atoms with Crippen LogP contribution in [0.4, 0.5) is 5.69 Å². The van der Waals surface area contributed by atoms with Gasteiger partial charge in [-0.05, 0) is 24.3 Å². The summed E-state index contributed by atoms with van der Waals surface area (Å²) < 4.78 is 5.51. The fraction of sp³-hybridized carbons (Fsp3) is 0. The summed E-state index contributed by atoms with van der Waals surface area (Å²) in [5.41, 5.74) is 6.58. The molecule has 0 spiro atoms. The van der Waals surface area contributed by atoms with E-state index in [9.17, 15) is 9.59 Å². The molecule has 19 heavy (non-hydrogen) atoms. The van der Waals surface area contributed by atoms with E-state index in [0.717, 1.165) is 0 Å². The van der Waals surface area contributed by atoms with Gasteiger partial charge in [0.05, 0.1) is 11.3 Å². The van der Waals surface area contributed by atoms with Gasteiger partial charge in [0.15, 0.2) is 11.3 Å². The number of aromatic nitrogens is 1. The fourth-order valence-electron chi connectivity index (χ4n) is 1.81. The van der Waals surface area contributed by atoms with Gasteiger partial charge in [0.2, 0.25) is 5.43 Å². The quantitative estimate of drug-likeness (QED) is 0.505. The third-order valence-corrected chi connectivity index (χ3v) is 2.76. The molecule has 0 unspecified atom stereocenters. The Balaban J connectivity index is 2.36. The topological polar surface area (TPSA) is 106 Å². The van der Waals surface area contributed by atoms with Crippen molar-refractivity contribution >= 4 is 22.8 Å². The number of rotatable bonds is 1. The van der Waals surface area contributed by atoms with Crippen LogP contribution in [0.1, 0.15) is 10.4 Å². The maximum absolute atomic E-state index is 11.4. The highest BCUT2D eigenvalue weighted by Crippen LogP contribution is 2.25. The normalized spacial score (nSPS) is 10.9. The van der Waals surface area contributed by atoms with Crippen LogP contribution < -0.4 is 11.2 Å². The van der Waals surface area contributed by atoms with Crippen molar-refractivity contribution in [1.29, 1.82) is 0 Å². The van der Waals surface area contributed by atoms with Gasteiger partial charge >= 0.3 is 5.97 Å². The highest BCUT2D eigenvalue weighted by Gasteiger charge is 2.13. The van der Waals surface area contributed by atoms with E-state index in [-0.39, 0.29) is 16.7 Å². The van der Waals surface area contributed by atoms with E-state index in [2.05, 4.69) is 4.98 Å². The van der Waals surface area contributed by atoms with Gasteiger partial charge < -0.3 is 15.3 Å². The molecule has 3 N–H and O–H groups in total. The molecule has 3 rings (SSSR count). The molecule has 0 radical (unpaired) electrons. The van der Waals surface area contributed by atoms with Crippen LogP contribution in [0.25, 0.3) is 22.6 Å². The Morgan fingerprint density at radius 2 is 2.05 bits per heavy atom. The molecule has 2 aliphatic rings. The van der Waals surface area contributed by atoms with E-state index < -0.39 is 5.97 Å². The number of fused-ring (bicyclic) bond motifs is 2. The summed E-state index contributed by atoms with van der Waals surface area (Å²) in [6.45, 7) is 0. The first-order chi connectivity index (χ1) is 9.04. The van der Waals surface area contributed by atoms with Gasteiger partial charge in [-0.25, -0.2) is 9.78 Å². The van der Waals surface area contributed by atoms with Gasteiger partial charge in [0, 0.05) is 6.07 Å². The predicted molar refractivity (Wildman–Crippen MR) is 68.3 cm³/mol. The number of hydrogen-bond acceptors (Lipinski definition) is 5. The third kappa shape index (κ3) is 1.79. The van der Waals surface area contributed by atoms with Crippen molar-refractivity contribution in [3.8, 4) is 11.5 Å². The Morgan fingerprint density at radius 3 is 2.79 bits per heavy atom. The maximum atomic E-state index is 11.4. The molecule has 0 bridgehead atoms. The number of anilines is 1. The van der Waals surface area contributed by atoms with Crippen LogP contribution in [0, 0.1) is 0 Å². The zero-order valence-corrected chi connectivity index (χ0v) is 9.58. The van der Waals surface area contributed by atoms with E-state index in [1.54, 1.807) is 0 Å². The number of carboxylic acids is 1. The van der Waals surface area contributed by atoms with Gasteiger partial charge in [-0.15, -0.1) is 0 Å². The molecular weight excluding hydrogens is 248 g/mol. The van der Waals surface area contributed by atoms with Gasteiger partial charge in [0.25, 0.3) is 0 Å². The summed E-state index contributed by atoms with van der Waals surface area (Å²) in [7, 11) is 0. The highest BCUT2D eigenvalue weighted by molar-refractivity contribution is 5.92. The fourth-order valence-corrected chi connectivity index (χ4v) is 1.81. The molecule has 1 aliphatic carbocycles. The molecule has 1 aliphatic heterocycles. The second-order valence-electron chi connectivity index (χ2n) is 4.06. The molecule has 0 aromatic heterocycles. The minimum Gasteiger partial charge on any atom is -0.478 e. The first-order valence-corrected chi connectivity index (χ1v) is 5.42. The Bertz CT molecular complexity index is 838. The van der Waals surface area contributed by atoms with Crippen LogP contribution in [-0.2, 0) is 0 Å². The van der Waals surface area contributed by atoms with E-state index in [4.69, 9.17) is 15.3 Å². The van der Waals surface area contributed by atoms with Gasteiger partial charge in [-0.2, -0.15) is 0 Å². The van der Waals surface area contributed by atoms with Crippen molar-refractivity contribution in [3.05, 3.63) is 46.1 Å². The van der Waals surface area contributed by atoms with Crippen LogP contribution in [0.5, 0.6) is 0 Å². The van der Waals surface area contributed by atoms with Crippen molar-refractivity contribution in [2.24, 2.45) is 0 Å². The molecule has 0 atom stereocenters. The summed E-state index contributed by atoms with van der Waals surface area (Å²) in [5, 5.41) is 8.92. The number of nitrogens with zero attached hydrogens (tertiary/aromatic N) is 1. The number of hydrogen-bond donors (Lipinski definition) is 2. The predicted octanol–water partition coefficient (Wildman–Crippen LogP) is 1.57. The number of benzene rings is 2. The van der Waals surface area contributed by atoms with Crippen LogP contribution in [0.15, 0.2) is 39.5 Å². The van der Waals surface area contributed by atoms with Crippen molar-refractivity contribution < 1.29 is 14.3 Å². The molecule has 6 nitrogen and oxygen atoms in total. The Hall–Kier alpha value is -2.89. The van der Waals surface area contributed by atoms with Crippen LogP contribution in [0.3, 0.4) is 0 Å². The summed E-state index contributed by atoms with van der Waals surface area (Å²) in [5.74, 6) is -0.729. The lowest BCUT2D eigenvalue weighted by Gasteiger charge is -2.06. The Labute approximate surface area is 106 Å². The number of nitrogens with two attached hydrogens (primary N) is 1. The number of carbonyl (C=O) groups is 1. The number of nitrogen functional groups attached to an aromatic ring is 1. The lowest BCUT2D eigenvalue weighted by molar-refractivity contribution is 0.0697. The number of carboxylic acid groups (broad SMARTS) is 1. The van der Waals surface area contributed by atoms with E-state index >= 15 is 0 Å². The Morgan fingerprint density at radius 1 is 1.26 bits per heavy atom. The zero-order chi connectivity index (χ0) is 13.6. The minimum absolute atomic E-state index is 0.0731. The van der Waals surface area contributed by atoms with Crippen molar-refractivity contribution in [2.75, 3.05) is 5.73 Å². The molecule has 1 aromatic rings. The zero-order valence-electron chi connectivity index (χ0n) is 9.58. The lowest BCUT2D eigenvalue weighted by Crippen LogP contribution is -2.08.